The number of nitrogens with two attached hydrogens (primary N) is 1. The van der Waals surface area contributed by atoms with E-state index in [9.17, 15) is 13.2 Å². The van der Waals surface area contributed by atoms with Crippen molar-refractivity contribution in [3.8, 4) is 10.4 Å². The smallest absolute Gasteiger partial charge is 0.407 e. The molecular formula is C26H33N5O4S2. The number of nitrogens with one attached hydrogen (secondary N) is 2. The Hall–Kier alpha value is -3.15. The first-order valence-corrected chi connectivity index (χ1v) is 14.4. The predicted octanol–water partition coefficient (Wildman–Crippen LogP) is 4.36. The summed E-state index contributed by atoms with van der Waals surface area (Å²) in [5.74, 6) is 0. The van der Waals surface area contributed by atoms with E-state index >= 15 is 0 Å². The van der Waals surface area contributed by atoms with Crippen LogP contribution in [-0.2, 0) is 21.3 Å². The molecular weight excluding hydrogens is 510 g/mol. The van der Waals surface area contributed by atoms with Gasteiger partial charge in [-0.1, -0.05) is 47.7 Å². The zero-order valence-electron chi connectivity index (χ0n) is 21.2. The minimum absolute atomic E-state index is 0.131. The standard InChI is InChI=1S/C26H33N5O4S2/c1-26(2,3)30-37(33,34)23-15-19(27)9-10-21(23)22-17-28-24(36-22)31-13-11-20(12-14-31)35-25(32)29-16-18-7-5-4-6-8-18/h4-10,15,17,20,30H,11-14,16,27H2,1-3H3,(H,29,32). The molecule has 1 amide bonds. The zero-order valence-corrected chi connectivity index (χ0v) is 22.9. The Bertz CT molecular complexity index is 1330. The van der Waals surface area contributed by atoms with Gasteiger partial charge in [0.15, 0.2) is 5.13 Å². The van der Waals surface area contributed by atoms with Crippen LogP contribution in [0, 0.1) is 0 Å². The molecule has 0 aliphatic carbocycles. The number of nitrogen functional groups attached to an aromatic ring is 1. The fraction of sp³-hybridized carbons (Fsp3) is 0.385. The molecule has 1 aromatic heterocycles. The average Bonchev–Trinajstić information content (AvgIpc) is 3.32. The van der Waals surface area contributed by atoms with Gasteiger partial charge in [-0.25, -0.2) is 22.9 Å². The van der Waals surface area contributed by atoms with E-state index < -0.39 is 21.7 Å². The lowest BCUT2D eigenvalue weighted by atomic mass is 10.1. The Labute approximate surface area is 222 Å². The molecule has 1 saturated heterocycles. The van der Waals surface area contributed by atoms with E-state index in [-0.39, 0.29) is 11.0 Å². The largest absolute Gasteiger partial charge is 0.446 e. The van der Waals surface area contributed by atoms with Crippen LogP contribution in [0.3, 0.4) is 0 Å². The van der Waals surface area contributed by atoms with Crippen molar-refractivity contribution in [3.63, 3.8) is 0 Å². The van der Waals surface area contributed by atoms with Crippen LogP contribution in [0.1, 0.15) is 39.2 Å². The van der Waals surface area contributed by atoms with Gasteiger partial charge in [-0.3, -0.25) is 0 Å². The number of alkyl carbamates (subject to hydrolysis) is 1. The molecule has 0 unspecified atom stereocenters. The Morgan fingerprint density at radius 1 is 1.16 bits per heavy atom. The van der Waals surface area contributed by atoms with Gasteiger partial charge in [0.1, 0.15) is 6.10 Å². The molecule has 2 aromatic carbocycles. The number of thiazole rings is 1. The fourth-order valence-corrected chi connectivity index (χ4v) is 6.83. The second-order valence-electron chi connectivity index (χ2n) is 10.0. The highest BCUT2D eigenvalue weighted by Crippen LogP contribution is 2.37. The summed E-state index contributed by atoms with van der Waals surface area (Å²) in [6.07, 6.45) is 2.49. The molecule has 11 heteroatoms. The number of sulfonamides is 1. The summed E-state index contributed by atoms with van der Waals surface area (Å²) in [6, 6.07) is 14.6. The normalized spacial score (nSPS) is 14.9. The van der Waals surface area contributed by atoms with Gasteiger partial charge in [0.05, 0.1) is 9.77 Å². The number of anilines is 2. The van der Waals surface area contributed by atoms with Crippen molar-refractivity contribution in [1.29, 1.82) is 0 Å². The monoisotopic (exact) mass is 543 g/mol. The highest BCUT2D eigenvalue weighted by molar-refractivity contribution is 7.89. The third-order valence-corrected chi connectivity index (χ3v) is 8.65. The molecule has 1 aliphatic rings. The molecule has 4 rings (SSSR count). The van der Waals surface area contributed by atoms with Gasteiger partial charge in [-0.05, 0) is 38.5 Å². The fourth-order valence-electron chi connectivity index (χ4n) is 4.09. The molecule has 198 valence electrons. The van der Waals surface area contributed by atoms with Crippen molar-refractivity contribution >= 4 is 38.3 Å². The third kappa shape index (κ3) is 7.21. The topological polar surface area (TPSA) is 127 Å². The lowest BCUT2D eigenvalue weighted by molar-refractivity contribution is 0.0828. The van der Waals surface area contributed by atoms with Gasteiger partial charge >= 0.3 is 6.09 Å². The van der Waals surface area contributed by atoms with Crippen LogP contribution in [0.5, 0.6) is 0 Å². The van der Waals surface area contributed by atoms with Crippen molar-refractivity contribution in [2.24, 2.45) is 0 Å². The number of hydrogen-bond donors (Lipinski definition) is 3. The van der Waals surface area contributed by atoms with E-state index in [1.54, 1.807) is 39.1 Å². The quantitative estimate of drug-likeness (QED) is 0.378. The number of ether oxygens (including phenoxy) is 1. The number of rotatable bonds is 7. The average molecular weight is 544 g/mol. The minimum atomic E-state index is -3.80. The van der Waals surface area contributed by atoms with E-state index in [0.29, 0.717) is 43.7 Å². The van der Waals surface area contributed by atoms with Crippen molar-refractivity contribution in [2.45, 2.75) is 56.7 Å². The Morgan fingerprint density at radius 2 is 1.86 bits per heavy atom. The molecule has 0 radical (unpaired) electrons. The van der Waals surface area contributed by atoms with Crippen LogP contribution in [0.15, 0.2) is 59.6 Å². The lowest BCUT2D eigenvalue weighted by Crippen LogP contribution is -2.40. The number of nitrogens with zero attached hydrogens (tertiary/aromatic N) is 2. The van der Waals surface area contributed by atoms with Crippen LogP contribution in [0.25, 0.3) is 10.4 Å². The molecule has 37 heavy (non-hydrogen) atoms. The number of carbonyl (C=O) groups excluding carboxylic acids is 1. The maximum atomic E-state index is 13.1. The molecule has 3 aromatic rings. The van der Waals surface area contributed by atoms with Gasteiger partial charge in [0, 0.05) is 55.5 Å². The number of aromatic nitrogens is 1. The van der Waals surface area contributed by atoms with Gasteiger partial charge in [0.2, 0.25) is 10.0 Å². The van der Waals surface area contributed by atoms with E-state index in [1.807, 2.05) is 30.3 Å². The maximum absolute atomic E-state index is 13.1. The number of carbonyl (C=O) groups is 1. The highest BCUT2D eigenvalue weighted by atomic mass is 32.2. The molecule has 1 fully saturated rings. The summed E-state index contributed by atoms with van der Waals surface area (Å²) >= 11 is 1.43. The van der Waals surface area contributed by atoms with E-state index in [4.69, 9.17) is 10.5 Å². The molecule has 2 heterocycles. The summed E-state index contributed by atoms with van der Waals surface area (Å²) in [5.41, 5.74) is 7.24. The van der Waals surface area contributed by atoms with E-state index in [0.717, 1.165) is 15.6 Å². The number of piperidine rings is 1. The summed E-state index contributed by atoms with van der Waals surface area (Å²) in [4.78, 5) is 19.8. The molecule has 4 N–H and O–H groups in total. The van der Waals surface area contributed by atoms with Crippen molar-refractivity contribution < 1.29 is 17.9 Å². The van der Waals surface area contributed by atoms with Crippen molar-refractivity contribution in [3.05, 3.63) is 60.3 Å². The van der Waals surface area contributed by atoms with Crippen molar-refractivity contribution in [2.75, 3.05) is 23.7 Å². The van der Waals surface area contributed by atoms with E-state index in [2.05, 4.69) is 19.9 Å². The first-order valence-electron chi connectivity index (χ1n) is 12.1. The van der Waals surface area contributed by atoms with Gasteiger partial charge in [0.25, 0.3) is 0 Å². The second kappa shape index (κ2) is 11.1. The van der Waals surface area contributed by atoms with Gasteiger partial charge in [-0.15, -0.1) is 0 Å². The molecule has 0 bridgehead atoms. The summed E-state index contributed by atoms with van der Waals surface area (Å²) in [5, 5.41) is 3.59. The number of hydrogen-bond acceptors (Lipinski definition) is 8. The summed E-state index contributed by atoms with van der Waals surface area (Å²) in [7, 11) is -3.80. The first-order chi connectivity index (χ1) is 17.5. The van der Waals surface area contributed by atoms with Crippen LogP contribution >= 0.6 is 11.3 Å². The van der Waals surface area contributed by atoms with Crippen LogP contribution in [0.4, 0.5) is 15.6 Å². The minimum Gasteiger partial charge on any atom is -0.446 e. The number of amides is 1. The number of benzene rings is 2. The molecule has 0 saturated carbocycles. The molecule has 9 nitrogen and oxygen atoms in total. The summed E-state index contributed by atoms with van der Waals surface area (Å²) < 4.78 is 34.5. The molecule has 0 atom stereocenters. The van der Waals surface area contributed by atoms with Crippen LogP contribution in [-0.4, -0.2) is 44.2 Å². The van der Waals surface area contributed by atoms with Crippen LogP contribution < -0.4 is 20.7 Å². The Kier molecular flexibility index (Phi) is 8.05. The van der Waals surface area contributed by atoms with Gasteiger partial charge in [-0.2, -0.15) is 0 Å². The van der Waals surface area contributed by atoms with Gasteiger partial charge < -0.3 is 20.7 Å². The van der Waals surface area contributed by atoms with Crippen molar-refractivity contribution in [1.82, 2.24) is 15.0 Å². The SMILES string of the molecule is CC(C)(C)NS(=O)(=O)c1cc(N)ccc1-c1cnc(N2CCC(OC(=O)NCc3ccccc3)CC2)s1. The zero-order chi connectivity index (χ0) is 26.6. The molecule has 0 spiro atoms. The first kappa shape index (κ1) is 26.9. The Balaban J connectivity index is 1.38. The highest BCUT2D eigenvalue weighted by Gasteiger charge is 2.28. The maximum Gasteiger partial charge on any atom is 0.407 e. The third-order valence-electron chi connectivity index (χ3n) is 5.76. The van der Waals surface area contributed by atoms with Crippen LogP contribution in [0.2, 0.25) is 0 Å². The second-order valence-corrected chi connectivity index (χ2v) is 12.7. The molecule has 1 aliphatic heterocycles. The Morgan fingerprint density at radius 3 is 2.54 bits per heavy atom. The lowest BCUT2D eigenvalue weighted by Gasteiger charge is -2.31. The van der Waals surface area contributed by atoms with E-state index in [1.165, 1.54) is 17.4 Å². The predicted molar refractivity (Wildman–Crippen MR) is 147 cm³/mol. The summed E-state index contributed by atoms with van der Waals surface area (Å²) in [6.45, 7) is 7.17.